The summed E-state index contributed by atoms with van der Waals surface area (Å²) in [6.07, 6.45) is 5.22. The molecule has 1 aliphatic rings. The lowest BCUT2D eigenvalue weighted by molar-refractivity contribution is 0.0665. The molecule has 0 saturated carbocycles. The maximum absolute atomic E-state index is 12.6. The number of nitrogens with zero attached hydrogens (tertiary/aromatic N) is 5. The van der Waals surface area contributed by atoms with Crippen LogP contribution in [0, 0.1) is 20.8 Å². The molecule has 0 spiro atoms. The summed E-state index contributed by atoms with van der Waals surface area (Å²) in [5.41, 5.74) is 3.40. The molecule has 0 aliphatic carbocycles. The molecule has 6 nitrogen and oxygen atoms in total. The van der Waals surface area contributed by atoms with Crippen molar-refractivity contribution in [3.8, 4) is 0 Å². The quantitative estimate of drug-likeness (QED) is 0.851. The Bertz CT molecular complexity index is 676. The molecule has 2 aromatic heterocycles. The van der Waals surface area contributed by atoms with Crippen LogP contribution in [0.4, 0.5) is 0 Å². The Labute approximate surface area is 130 Å². The number of likely N-dealkylation sites (tertiary alicyclic amines) is 1. The molecule has 0 aromatic carbocycles. The van der Waals surface area contributed by atoms with Crippen molar-refractivity contribution in [2.75, 3.05) is 13.1 Å². The minimum absolute atomic E-state index is 0.0428. The highest BCUT2D eigenvalue weighted by Crippen LogP contribution is 2.23. The smallest absolute Gasteiger partial charge is 0.274 e. The Morgan fingerprint density at radius 3 is 2.64 bits per heavy atom. The van der Waals surface area contributed by atoms with Crippen molar-refractivity contribution < 1.29 is 4.79 Å². The van der Waals surface area contributed by atoms with Crippen molar-refractivity contribution >= 4 is 5.91 Å². The third-order valence-corrected chi connectivity index (χ3v) is 4.07. The van der Waals surface area contributed by atoms with Crippen LogP contribution in [0.3, 0.4) is 0 Å². The van der Waals surface area contributed by atoms with Gasteiger partial charge in [0.1, 0.15) is 5.69 Å². The average Bonchev–Trinajstić information content (AvgIpc) is 2.86. The van der Waals surface area contributed by atoms with Gasteiger partial charge >= 0.3 is 0 Å². The van der Waals surface area contributed by atoms with Gasteiger partial charge in [-0.25, -0.2) is 4.98 Å². The van der Waals surface area contributed by atoms with Crippen LogP contribution in [-0.2, 0) is 0 Å². The lowest BCUT2D eigenvalue weighted by Gasteiger charge is -2.33. The minimum atomic E-state index is -0.0428. The zero-order chi connectivity index (χ0) is 15.7. The summed E-state index contributed by atoms with van der Waals surface area (Å²) in [4.78, 5) is 22.8. The molecule has 0 N–H and O–H groups in total. The Morgan fingerprint density at radius 1 is 1.18 bits per heavy atom. The van der Waals surface area contributed by atoms with Crippen molar-refractivity contribution in [2.24, 2.45) is 0 Å². The number of rotatable bonds is 2. The summed E-state index contributed by atoms with van der Waals surface area (Å²) in [7, 11) is 0. The van der Waals surface area contributed by atoms with Crippen LogP contribution in [0.25, 0.3) is 0 Å². The van der Waals surface area contributed by atoms with Gasteiger partial charge in [0.05, 0.1) is 23.6 Å². The molecule has 2 aromatic rings. The second-order valence-electron chi connectivity index (χ2n) is 5.96. The van der Waals surface area contributed by atoms with Crippen LogP contribution in [0.5, 0.6) is 0 Å². The second kappa shape index (κ2) is 5.87. The van der Waals surface area contributed by atoms with E-state index in [-0.39, 0.29) is 11.9 Å². The van der Waals surface area contributed by atoms with E-state index in [0.717, 1.165) is 36.5 Å². The highest BCUT2D eigenvalue weighted by atomic mass is 16.2. The fraction of sp³-hybridized carbons (Fsp3) is 0.500. The number of aromatic nitrogens is 4. The number of hydrogen-bond acceptors (Lipinski definition) is 4. The predicted molar refractivity (Wildman–Crippen MR) is 82.6 cm³/mol. The molecule has 1 saturated heterocycles. The van der Waals surface area contributed by atoms with Gasteiger partial charge in [0.15, 0.2) is 0 Å². The number of carbonyl (C=O) groups is 1. The van der Waals surface area contributed by atoms with Crippen LogP contribution >= 0.6 is 0 Å². The maximum Gasteiger partial charge on any atom is 0.274 e. The minimum Gasteiger partial charge on any atom is -0.335 e. The molecule has 22 heavy (non-hydrogen) atoms. The average molecular weight is 299 g/mol. The molecule has 6 heteroatoms. The van der Waals surface area contributed by atoms with Crippen LogP contribution in [0.1, 0.15) is 46.5 Å². The summed E-state index contributed by atoms with van der Waals surface area (Å²) in [5, 5.41) is 4.56. The van der Waals surface area contributed by atoms with E-state index in [1.54, 1.807) is 12.4 Å². The number of hydrogen-bond donors (Lipinski definition) is 0. The summed E-state index contributed by atoms with van der Waals surface area (Å²) < 4.78 is 2.05. The van der Waals surface area contributed by atoms with E-state index in [2.05, 4.69) is 32.7 Å². The first-order valence-corrected chi connectivity index (χ1v) is 7.65. The monoisotopic (exact) mass is 299 g/mol. The maximum atomic E-state index is 12.6. The molecule has 1 atom stereocenters. The van der Waals surface area contributed by atoms with Gasteiger partial charge in [0.2, 0.25) is 0 Å². The van der Waals surface area contributed by atoms with Gasteiger partial charge in [-0.3, -0.25) is 14.5 Å². The van der Waals surface area contributed by atoms with Crippen molar-refractivity contribution in [1.82, 2.24) is 24.6 Å². The van der Waals surface area contributed by atoms with E-state index < -0.39 is 0 Å². The first-order valence-electron chi connectivity index (χ1n) is 7.65. The largest absolute Gasteiger partial charge is 0.335 e. The van der Waals surface area contributed by atoms with Crippen LogP contribution < -0.4 is 0 Å². The summed E-state index contributed by atoms with van der Waals surface area (Å²) >= 11 is 0. The number of amides is 1. The SMILES string of the molecule is Cc1cnc(C(=O)N2CCC[C@H](n3nc(C)cc3C)C2)cn1. The highest BCUT2D eigenvalue weighted by Gasteiger charge is 2.27. The number of carbonyl (C=O) groups excluding carboxylic acids is 1. The molecule has 116 valence electrons. The molecule has 0 radical (unpaired) electrons. The Morgan fingerprint density at radius 2 is 2.00 bits per heavy atom. The first-order chi connectivity index (χ1) is 10.5. The molecular weight excluding hydrogens is 278 g/mol. The van der Waals surface area contributed by atoms with Crippen LogP contribution in [0.2, 0.25) is 0 Å². The predicted octanol–water partition coefficient (Wildman–Crippen LogP) is 2.08. The zero-order valence-corrected chi connectivity index (χ0v) is 13.3. The fourth-order valence-corrected chi connectivity index (χ4v) is 3.02. The van der Waals surface area contributed by atoms with Gasteiger partial charge in [-0.15, -0.1) is 0 Å². The molecule has 3 heterocycles. The van der Waals surface area contributed by atoms with Crippen molar-refractivity contribution in [3.05, 3.63) is 41.2 Å². The number of piperidine rings is 1. The molecule has 0 unspecified atom stereocenters. The first kappa shape index (κ1) is 14.7. The summed E-state index contributed by atoms with van der Waals surface area (Å²) in [6, 6.07) is 2.32. The lowest BCUT2D eigenvalue weighted by Crippen LogP contribution is -2.41. The Hall–Kier alpha value is -2.24. The van der Waals surface area contributed by atoms with Gasteiger partial charge in [-0.1, -0.05) is 0 Å². The highest BCUT2D eigenvalue weighted by molar-refractivity contribution is 5.92. The Balaban J connectivity index is 1.76. The molecule has 3 rings (SSSR count). The van der Waals surface area contributed by atoms with Gasteiger partial charge in [0.25, 0.3) is 5.91 Å². The molecular formula is C16H21N5O. The molecule has 1 fully saturated rings. The van der Waals surface area contributed by atoms with Gasteiger partial charge in [0, 0.05) is 25.0 Å². The molecule has 1 amide bonds. The summed E-state index contributed by atoms with van der Waals surface area (Å²) in [5.74, 6) is -0.0428. The van der Waals surface area contributed by atoms with Crippen molar-refractivity contribution in [2.45, 2.75) is 39.7 Å². The third kappa shape index (κ3) is 2.86. The van der Waals surface area contributed by atoms with Gasteiger partial charge in [-0.2, -0.15) is 5.10 Å². The topological polar surface area (TPSA) is 63.9 Å². The summed E-state index contributed by atoms with van der Waals surface area (Å²) in [6.45, 7) is 7.37. The third-order valence-electron chi connectivity index (χ3n) is 4.07. The van der Waals surface area contributed by atoms with E-state index in [0.29, 0.717) is 12.2 Å². The number of aryl methyl sites for hydroxylation is 3. The van der Waals surface area contributed by atoms with Gasteiger partial charge in [-0.05, 0) is 39.7 Å². The standard InChI is InChI=1S/C16H21N5O/c1-11-7-13(3)21(19-11)14-5-4-6-20(10-14)16(22)15-9-17-12(2)8-18-15/h7-9,14H,4-6,10H2,1-3H3/t14-/m0/s1. The van der Waals surface area contributed by atoms with Crippen molar-refractivity contribution in [3.63, 3.8) is 0 Å². The van der Waals surface area contributed by atoms with Crippen LogP contribution in [0.15, 0.2) is 18.5 Å². The molecule has 0 bridgehead atoms. The normalized spacial score (nSPS) is 18.5. The van der Waals surface area contributed by atoms with Gasteiger partial charge < -0.3 is 4.90 Å². The van der Waals surface area contributed by atoms with Crippen molar-refractivity contribution in [1.29, 1.82) is 0 Å². The Kier molecular flexibility index (Phi) is 3.92. The van der Waals surface area contributed by atoms with E-state index >= 15 is 0 Å². The van der Waals surface area contributed by atoms with E-state index in [4.69, 9.17) is 0 Å². The van der Waals surface area contributed by atoms with E-state index in [9.17, 15) is 4.79 Å². The second-order valence-corrected chi connectivity index (χ2v) is 5.96. The lowest BCUT2D eigenvalue weighted by atomic mass is 10.1. The van der Waals surface area contributed by atoms with E-state index in [1.165, 1.54) is 0 Å². The zero-order valence-electron chi connectivity index (χ0n) is 13.3. The fourth-order valence-electron chi connectivity index (χ4n) is 3.02. The van der Waals surface area contributed by atoms with Crippen LogP contribution in [-0.4, -0.2) is 43.6 Å². The van der Waals surface area contributed by atoms with E-state index in [1.807, 2.05) is 18.7 Å². The molecule has 1 aliphatic heterocycles.